The molecule has 92 valence electrons. The van der Waals surface area contributed by atoms with Gasteiger partial charge in [-0.1, -0.05) is 20.8 Å². The molecule has 1 aromatic heterocycles. The average molecular weight is 246 g/mol. The van der Waals surface area contributed by atoms with Gasteiger partial charge in [0.2, 0.25) is 5.28 Å². The van der Waals surface area contributed by atoms with Crippen LogP contribution in [0.15, 0.2) is 0 Å². The van der Waals surface area contributed by atoms with Gasteiger partial charge in [0.1, 0.15) is 5.82 Å². The number of hydrogen-bond acceptors (Lipinski definition) is 3. The zero-order valence-corrected chi connectivity index (χ0v) is 11.0. The maximum atomic E-state index is 5.94. The maximum Gasteiger partial charge on any atom is 0.225 e. The van der Waals surface area contributed by atoms with E-state index in [0.29, 0.717) is 11.2 Å². The van der Waals surface area contributed by atoms with E-state index in [4.69, 9.17) is 16.3 Å². The lowest BCUT2D eigenvalue weighted by atomic mass is 10.2. The smallest absolute Gasteiger partial charge is 0.225 e. The van der Waals surface area contributed by atoms with E-state index in [1.54, 1.807) is 0 Å². The number of hydrogen-bond donors (Lipinski definition) is 0. The van der Waals surface area contributed by atoms with Gasteiger partial charge >= 0.3 is 0 Å². The van der Waals surface area contributed by atoms with Crippen LogP contribution in [-0.2, 0) is 17.7 Å². The maximum absolute atomic E-state index is 5.94. The molecular weight excluding hydrogens is 226 g/mol. The van der Waals surface area contributed by atoms with E-state index in [2.05, 4.69) is 24.0 Å². The number of aryl methyl sites for hydroxylation is 1. The van der Waals surface area contributed by atoms with Crippen LogP contribution in [0.1, 0.15) is 33.0 Å². The van der Waals surface area contributed by atoms with Crippen molar-refractivity contribution >= 4 is 11.6 Å². The number of aromatic nitrogens is 3. The SMILES string of the molecule is CCc1nnc(Cl)n1CCCOCC(C)C. The lowest BCUT2D eigenvalue weighted by Gasteiger charge is -2.08. The van der Waals surface area contributed by atoms with Gasteiger partial charge in [-0.3, -0.25) is 0 Å². The molecule has 0 N–H and O–H groups in total. The number of rotatable bonds is 7. The van der Waals surface area contributed by atoms with E-state index in [1.807, 2.05) is 11.5 Å². The normalized spacial score (nSPS) is 11.3. The highest BCUT2D eigenvalue weighted by atomic mass is 35.5. The van der Waals surface area contributed by atoms with Crippen molar-refractivity contribution in [1.29, 1.82) is 0 Å². The van der Waals surface area contributed by atoms with Gasteiger partial charge in [-0.15, -0.1) is 10.2 Å². The van der Waals surface area contributed by atoms with Crippen LogP contribution in [0.25, 0.3) is 0 Å². The summed E-state index contributed by atoms with van der Waals surface area (Å²) in [4.78, 5) is 0. The molecule has 0 radical (unpaired) electrons. The molecule has 0 unspecified atom stereocenters. The minimum absolute atomic E-state index is 0.473. The number of halogens is 1. The molecule has 5 heteroatoms. The van der Waals surface area contributed by atoms with Crippen LogP contribution in [0.4, 0.5) is 0 Å². The lowest BCUT2D eigenvalue weighted by molar-refractivity contribution is 0.105. The van der Waals surface area contributed by atoms with Crippen LogP contribution in [0.3, 0.4) is 0 Å². The molecule has 0 saturated carbocycles. The second-order valence-corrected chi connectivity index (χ2v) is 4.55. The predicted molar refractivity (Wildman–Crippen MR) is 64.7 cm³/mol. The molecule has 0 fully saturated rings. The molecule has 0 amide bonds. The summed E-state index contributed by atoms with van der Waals surface area (Å²) >= 11 is 5.94. The molecule has 0 atom stereocenters. The first-order valence-electron chi connectivity index (χ1n) is 5.80. The summed E-state index contributed by atoms with van der Waals surface area (Å²) in [5.41, 5.74) is 0. The minimum atomic E-state index is 0.473. The largest absolute Gasteiger partial charge is 0.381 e. The Morgan fingerprint density at radius 2 is 2.12 bits per heavy atom. The summed E-state index contributed by atoms with van der Waals surface area (Å²) in [7, 11) is 0. The first-order valence-corrected chi connectivity index (χ1v) is 6.18. The van der Waals surface area contributed by atoms with Crippen molar-refractivity contribution in [2.45, 2.75) is 40.2 Å². The van der Waals surface area contributed by atoms with Crippen molar-refractivity contribution in [3.63, 3.8) is 0 Å². The molecule has 0 spiro atoms. The van der Waals surface area contributed by atoms with Gasteiger partial charge in [-0.05, 0) is 23.9 Å². The van der Waals surface area contributed by atoms with Crippen molar-refractivity contribution in [1.82, 2.24) is 14.8 Å². The lowest BCUT2D eigenvalue weighted by Crippen LogP contribution is -2.08. The third kappa shape index (κ3) is 4.10. The van der Waals surface area contributed by atoms with Gasteiger partial charge in [0, 0.05) is 26.2 Å². The van der Waals surface area contributed by atoms with Crippen molar-refractivity contribution in [3.8, 4) is 0 Å². The first kappa shape index (κ1) is 13.5. The minimum Gasteiger partial charge on any atom is -0.381 e. The van der Waals surface area contributed by atoms with E-state index in [-0.39, 0.29) is 0 Å². The molecule has 0 aliphatic rings. The zero-order chi connectivity index (χ0) is 12.0. The molecular formula is C11H20ClN3O. The fourth-order valence-electron chi connectivity index (χ4n) is 1.44. The quantitative estimate of drug-likeness (QED) is 0.693. The van der Waals surface area contributed by atoms with Crippen LogP contribution in [0.2, 0.25) is 5.28 Å². The topological polar surface area (TPSA) is 39.9 Å². The molecule has 1 rings (SSSR count). The Morgan fingerprint density at radius 3 is 2.75 bits per heavy atom. The predicted octanol–water partition coefficient (Wildman–Crippen LogP) is 2.56. The fraction of sp³-hybridized carbons (Fsp3) is 0.818. The fourth-order valence-corrected chi connectivity index (χ4v) is 1.66. The molecule has 0 bridgehead atoms. The van der Waals surface area contributed by atoms with E-state index in [0.717, 1.165) is 38.4 Å². The number of ether oxygens (including phenoxy) is 1. The molecule has 0 saturated heterocycles. The monoisotopic (exact) mass is 245 g/mol. The van der Waals surface area contributed by atoms with Gasteiger partial charge in [0.05, 0.1) is 0 Å². The zero-order valence-electron chi connectivity index (χ0n) is 10.2. The summed E-state index contributed by atoms with van der Waals surface area (Å²) in [5, 5.41) is 8.33. The average Bonchev–Trinajstić information content (AvgIpc) is 2.59. The Bertz CT molecular complexity index is 312. The van der Waals surface area contributed by atoms with Crippen molar-refractivity contribution < 1.29 is 4.74 Å². The highest BCUT2D eigenvalue weighted by Gasteiger charge is 2.07. The highest BCUT2D eigenvalue weighted by molar-refractivity contribution is 6.28. The van der Waals surface area contributed by atoms with Gasteiger partial charge in [0.15, 0.2) is 0 Å². The van der Waals surface area contributed by atoms with Gasteiger partial charge in [0.25, 0.3) is 0 Å². The molecule has 0 aliphatic carbocycles. The van der Waals surface area contributed by atoms with Gasteiger partial charge in [-0.25, -0.2) is 0 Å². The van der Waals surface area contributed by atoms with Crippen LogP contribution >= 0.6 is 11.6 Å². The third-order valence-corrected chi connectivity index (χ3v) is 2.50. The summed E-state index contributed by atoms with van der Waals surface area (Å²) < 4.78 is 7.45. The summed E-state index contributed by atoms with van der Waals surface area (Å²) in [6.07, 6.45) is 1.80. The molecule has 16 heavy (non-hydrogen) atoms. The van der Waals surface area contributed by atoms with Crippen LogP contribution in [-0.4, -0.2) is 28.0 Å². The van der Waals surface area contributed by atoms with E-state index in [1.165, 1.54) is 0 Å². The van der Waals surface area contributed by atoms with Crippen molar-refractivity contribution in [3.05, 3.63) is 11.1 Å². The van der Waals surface area contributed by atoms with Crippen LogP contribution in [0, 0.1) is 5.92 Å². The standard InChI is InChI=1S/C11H20ClN3O/c1-4-10-13-14-11(12)15(10)6-5-7-16-8-9(2)3/h9H,4-8H2,1-3H3. The Hall–Kier alpha value is -0.610. The Morgan fingerprint density at radius 1 is 1.38 bits per heavy atom. The molecule has 1 heterocycles. The van der Waals surface area contributed by atoms with Crippen molar-refractivity contribution in [2.75, 3.05) is 13.2 Å². The molecule has 0 aliphatic heterocycles. The summed E-state index contributed by atoms with van der Waals surface area (Å²) in [6, 6.07) is 0. The third-order valence-electron chi connectivity index (χ3n) is 2.22. The Labute approximate surface area is 102 Å². The van der Waals surface area contributed by atoms with E-state index in [9.17, 15) is 0 Å². The second kappa shape index (κ2) is 6.86. The second-order valence-electron chi connectivity index (χ2n) is 4.21. The Kier molecular flexibility index (Phi) is 5.77. The van der Waals surface area contributed by atoms with Crippen LogP contribution < -0.4 is 0 Å². The molecule has 1 aromatic rings. The van der Waals surface area contributed by atoms with E-state index < -0.39 is 0 Å². The Balaban J connectivity index is 2.28. The number of nitrogens with zero attached hydrogens (tertiary/aromatic N) is 3. The van der Waals surface area contributed by atoms with Gasteiger partial charge in [-0.2, -0.15) is 0 Å². The van der Waals surface area contributed by atoms with Gasteiger partial charge < -0.3 is 9.30 Å². The summed E-state index contributed by atoms with van der Waals surface area (Å²) in [6.45, 7) is 8.74. The van der Waals surface area contributed by atoms with Crippen molar-refractivity contribution in [2.24, 2.45) is 5.92 Å². The first-order chi connectivity index (χ1) is 7.65. The highest BCUT2D eigenvalue weighted by Crippen LogP contribution is 2.09. The molecule has 4 nitrogen and oxygen atoms in total. The van der Waals surface area contributed by atoms with E-state index >= 15 is 0 Å². The van der Waals surface area contributed by atoms with Crippen LogP contribution in [0.5, 0.6) is 0 Å². The summed E-state index contributed by atoms with van der Waals surface area (Å²) in [5.74, 6) is 1.53. The molecule has 0 aromatic carbocycles.